The fourth-order valence-electron chi connectivity index (χ4n) is 1.59. The van der Waals surface area contributed by atoms with Gasteiger partial charge in [-0.1, -0.05) is 17.8 Å². The number of fused-ring (bicyclic) bond motifs is 1. The number of nitrogens with zero attached hydrogens (tertiary/aromatic N) is 3. The Balaban J connectivity index is 2.49. The van der Waals surface area contributed by atoms with Crippen molar-refractivity contribution in [2.24, 2.45) is 4.99 Å². The van der Waals surface area contributed by atoms with Crippen molar-refractivity contribution in [3.63, 3.8) is 0 Å². The number of thioether (sulfide) groups is 1. The molecule has 0 bridgehead atoms. The van der Waals surface area contributed by atoms with Gasteiger partial charge in [-0.2, -0.15) is 0 Å². The number of aromatic nitrogens is 2. The van der Waals surface area contributed by atoms with Crippen molar-refractivity contribution < 1.29 is 0 Å². The van der Waals surface area contributed by atoms with Crippen LogP contribution in [0, 0.1) is 0 Å². The molecule has 1 aromatic heterocycles. The lowest BCUT2D eigenvalue weighted by Crippen LogP contribution is -2.22. The van der Waals surface area contributed by atoms with Crippen LogP contribution < -0.4 is 5.32 Å². The summed E-state index contributed by atoms with van der Waals surface area (Å²) in [6.07, 6.45) is 8.68. The van der Waals surface area contributed by atoms with E-state index in [2.05, 4.69) is 40.2 Å². The largest absolute Gasteiger partial charge is 0.345 e. The van der Waals surface area contributed by atoms with Crippen molar-refractivity contribution in [1.82, 2.24) is 15.3 Å². The molecule has 0 atom stereocenters. The second-order valence-corrected chi connectivity index (χ2v) is 4.83. The molecule has 1 aliphatic rings. The van der Waals surface area contributed by atoms with Crippen molar-refractivity contribution in [2.75, 3.05) is 6.26 Å². The Bertz CT molecular complexity index is 466. The van der Waals surface area contributed by atoms with E-state index >= 15 is 0 Å². The van der Waals surface area contributed by atoms with E-state index in [1.165, 1.54) is 0 Å². The van der Waals surface area contributed by atoms with Crippen molar-refractivity contribution in [3.8, 4) is 0 Å². The molecule has 1 aliphatic heterocycles. The molecule has 0 radical (unpaired) electrons. The molecule has 4 nitrogen and oxygen atoms in total. The molecule has 1 N–H and O–H groups in total. The number of hydrogen-bond donors (Lipinski definition) is 1. The Labute approximate surface area is 106 Å². The Kier molecular flexibility index (Phi) is 3.78. The van der Waals surface area contributed by atoms with E-state index in [0.29, 0.717) is 0 Å². The number of nitrogens with one attached hydrogen (secondary N) is 1. The molecule has 17 heavy (non-hydrogen) atoms. The molecule has 0 aromatic carbocycles. The molecule has 1 aromatic rings. The van der Waals surface area contributed by atoms with Crippen LogP contribution in [0.15, 0.2) is 28.6 Å². The van der Waals surface area contributed by atoms with Gasteiger partial charge >= 0.3 is 0 Å². The minimum atomic E-state index is 0.240. The minimum absolute atomic E-state index is 0.240. The Morgan fingerprint density at radius 3 is 3.00 bits per heavy atom. The zero-order chi connectivity index (χ0) is 12.3. The normalized spacial score (nSPS) is 16.8. The maximum Gasteiger partial charge on any atom is 0.187 e. The van der Waals surface area contributed by atoms with E-state index in [4.69, 9.17) is 0 Å². The van der Waals surface area contributed by atoms with E-state index in [-0.39, 0.29) is 6.04 Å². The third kappa shape index (κ3) is 2.85. The van der Waals surface area contributed by atoms with E-state index in [9.17, 15) is 0 Å². The van der Waals surface area contributed by atoms with E-state index in [1.54, 1.807) is 11.8 Å². The summed E-state index contributed by atoms with van der Waals surface area (Å²) < 4.78 is 0. The van der Waals surface area contributed by atoms with Gasteiger partial charge in [0, 0.05) is 17.8 Å². The lowest BCUT2D eigenvalue weighted by Gasteiger charge is -2.09. The molecule has 2 rings (SSSR count). The van der Waals surface area contributed by atoms with Gasteiger partial charge in [-0.05, 0) is 32.7 Å². The second kappa shape index (κ2) is 5.31. The molecule has 0 saturated heterocycles. The summed E-state index contributed by atoms with van der Waals surface area (Å²) in [6, 6.07) is 0.240. The fourth-order valence-corrected chi connectivity index (χ4v) is 1.93. The number of rotatable bonds is 2. The van der Waals surface area contributed by atoms with Gasteiger partial charge < -0.3 is 5.32 Å². The summed E-state index contributed by atoms with van der Waals surface area (Å²) in [5.74, 6) is 0.835. The van der Waals surface area contributed by atoms with Crippen LogP contribution in [0.4, 0.5) is 0 Å². The zero-order valence-corrected chi connectivity index (χ0v) is 11.1. The quantitative estimate of drug-likeness (QED) is 0.642. The van der Waals surface area contributed by atoms with Gasteiger partial charge in [-0.3, -0.25) is 4.99 Å². The summed E-state index contributed by atoms with van der Waals surface area (Å²) in [7, 11) is 0. The fraction of sp³-hybridized carbons (Fsp3) is 0.417. The molecule has 0 unspecified atom stereocenters. The third-order valence-electron chi connectivity index (χ3n) is 2.31. The second-order valence-electron chi connectivity index (χ2n) is 4.05. The predicted molar refractivity (Wildman–Crippen MR) is 71.5 cm³/mol. The molecule has 0 amide bonds. The molecule has 2 heterocycles. The lowest BCUT2D eigenvalue weighted by atomic mass is 10.1. The average molecular weight is 248 g/mol. The Morgan fingerprint density at radius 1 is 1.47 bits per heavy atom. The van der Waals surface area contributed by atoms with E-state index in [1.807, 2.05) is 18.7 Å². The van der Waals surface area contributed by atoms with Crippen LogP contribution in [-0.4, -0.2) is 28.1 Å². The van der Waals surface area contributed by atoms with Crippen LogP contribution in [0.2, 0.25) is 0 Å². The maximum absolute atomic E-state index is 4.57. The molecular formula is C12H16N4S. The molecule has 0 fully saturated rings. The first-order chi connectivity index (χ1) is 8.20. The zero-order valence-electron chi connectivity index (χ0n) is 10.3. The van der Waals surface area contributed by atoms with E-state index in [0.717, 1.165) is 28.7 Å². The van der Waals surface area contributed by atoms with Crippen LogP contribution in [0.25, 0.3) is 0 Å². The smallest absolute Gasteiger partial charge is 0.187 e. The summed E-state index contributed by atoms with van der Waals surface area (Å²) in [5.41, 5.74) is 2.03. The van der Waals surface area contributed by atoms with Crippen LogP contribution >= 0.6 is 11.8 Å². The minimum Gasteiger partial charge on any atom is -0.345 e. The Hall–Kier alpha value is -1.36. The van der Waals surface area contributed by atoms with Gasteiger partial charge in [-0.15, -0.1) is 0 Å². The van der Waals surface area contributed by atoms with Gasteiger partial charge in [0.15, 0.2) is 11.0 Å². The highest BCUT2D eigenvalue weighted by atomic mass is 32.2. The van der Waals surface area contributed by atoms with Crippen LogP contribution in [0.3, 0.4) is 0 Å². The molecule has 90 valence electrons. The van der Waals surface area contributed by atoms with Crippen LogP contribution in [0.1, 0.15) is 25.1 Å². The third-order valence-corrected chi connectivity index (χ3v) is 2.87. The highest BCUT2D eigenvalue weighted by Gasteiger charge is 2.14. The number of hydrogen-bond acceptors (Lipinski definition) is 4. The number of allylic oxidation sites excluding steroid dienone is 1. The summed E-state index contributed by atoms with van der Waals surface area (Å²) in [6.45, 7) is 4.11. The van der Waals surface area contributed by atoms with Crippen molar-refractivity contribution >= 4 is 17.6 Å². The number of amidine groups is 1. The van der Waals surface area contributed by atoms with Gasteiger partial charge in [0.05, 0.1) is 0 Å². The SMILES string of the molecule is CSc1ncc2c(n1)C(=NC(C)C)NC=CC2. The van der Waals surface area contributed by atoms with Crippen LogP contribution in [0.5, 0.6) is 0 Å². The maximum atomic E-state index is 4.57. The molecule has 5 heteroatoms. The Morgan fingerprint density at radius 2 is 2.29 bits per heavy atom. The van der Waals surface area contributed by atoms with Gasteiger partial charge in [0.25, 0.3) is 0 Å². The summed E-state index contributed by atoms with van der Waals surface area (Å²) in [5, 5.41) is 3.97. The highest BCUT2D eigenvalue weighted by molar-refractivity contribution is 7.98. The molecular weight excluding hydrogens is 232 g/mol. The summed E-state index contributed by atoms with van der Waals surface area (Å²) >= 11 is 1.54. The molecule has 0 saturated carbocycles. The average Bonchev–Trinajstić information content (AvgIpc) is 2.51. The van der Waals surface area contributed by atoms with Crippen LogP contribution in [-0.2, 0) is 6.42 Å². The first kappa shape index (κ1) is 12.1. The molecule has 0 aliphatic carbocycles. The monoisotopic (exact) mass is 248 g/mol. The summed E-state index contributed by atoms with van der Waals surface area (Å²) in [4.78, 5) is 13.4. The van der Waals surface area contributed by atoms with Crippen molar-refractivity contribution in [1.29, 1.82) is 0 Å². The van der Waals surface area contributed by atoms with Gasteiger partial charge in [0.1, 0.15) is 5.69 Å². The van der Waals surface area contributed by atoms with E-state index < -0.39 is 0 Å². The van der Waals surface area contributed by atoms with Crippen molar-refractivity contribution in [3.05, 3.63) is 29.7 Å². The van der Waals surface area contributed by atoms with Gasteiger partial charge in [0.2, 0.25) is 0 Å². The first-order valence-corrected chi connectivity index (χ1v) is 6.83. The number of aliphatic imine (C=N–C) groups is 1. The standard InChI is InChI=1S/C12H16N4S/c1-8(2)15-11-10-9(5-4-6-13-11)7-14-12(16-10)17-3/h4,6-8H,5H2,1-3H3,(H,13,15). The van der Waals surface area contributed by atoms with Crippen molar-refractivity contribution in [2.45, 2.75) is 31.5 Å². The lowest BCUT2D eigenvalue weighted by molar-refractivity contribution is 0.824. The highest BCUT2D eigenvalue weighted by Crippen LogP contribution is 2.15. The molecule has 0 spiro atoms. The van der Waals surface area contributed by atoms with Gasteiger partial charge in [-0.25, -0.2) is 9.97 Å². The topological polar surface area (TPSA) is 50.2 Å². The predicted octanol–water partition coefficient (Wildman–Crippen LogP) is 2.01. The first-order valence-electron chi connectivity index (χ1n) is 5.60.